The predicted molar refractivity (Wildman–Crippen MR) is 91.3 cm³/mol. The fraction of sp³-hybridized carbons (Fsp3) is 0.333. The van der Waals surface area contributed by atoms with Crippen LogP contribution >= 0.6 is 0 Å². The number of fused-ring (bicyclic) bond motifs is 1. The molecule has 0 aliphatic heterocycles. The van der Waals surface area contributed by atoms with E-state index in [0.717, 1.165) is 34.7 Å². The van der Waals surface area contributed by atoms with Crippen molar-refractivity contribution in [3.8, 4) is 11.1 Å². The highest BCUT2D eigenvalue weighted by Gasteiger charge is 2.12. The topological polar surface area (TPSA) is 42.2 Å². The molecule has 4 heteroatoms. The molecule has 0 aliphatic carbocycles. The van der Waals surface area contributed by atoms with E-state index in [0.29, 0.717) is 6.04 Å². The predicted octanol–water partition coefficient (Wildman–Crippen LogP) is 4.22. The molecule has 0 aliphatic rings. The average molecular weight is 294 g/mol. The van der Waals surface area contributed by atoms with Crippen LogP contribution in [0.25, 0.3) is 16.8 Å². The fourth-order valence-electron chi connectivity index (χ4n) is 2.48. The second-order valence-electron chi connectivity index (χ2n) is 5.90. The monoisotopic (exact) mass is 294 g/mol. The summed E-state index contributed by atoms with van der Waals surface area (Å²) in [6.07, 6.45) is 2.96. The van der Waals surface area contributed by atoms with Crippen LogP contribution in [0, 0.1) is 13.8 Å². The van der Waals surface area contributed by atoms with Gasteiger partial charge < -0.3 is 5.32 Å². The second kappa shape index (κ2) is 5.79. The van der Waals surface area contributed by atoms with Crippen molar-refractivity contribution in [1.82, 2.24) is 14.6 Å². The Morgan fingerprint density at radius 1 is 1.18 bits per heavy atom. The summed E-state index contributed by atoms with van der Waals surface area (Å²) < 4.78 is 1.90. The summed E-state index contributed by atoms with van der Waals surface area (Å²) in [6.45, 7) is 8.46. The van der Waals surface area contributed by atoms with Crippen LogP contribution in [0.3, 0.4) is 0 Å². The van der Waals surface area contributed by atoms with E-state index in [9.17, 15) is 0 Å². The molecular weight excluding hydrogens is 272 g/mol. The maximum atomic E-state index is 4.69. The average Bonchev–Trinajstić information content (AvgIpc) is 2.91. The maximum absolute atomic E-state index is 4.69. The Hall–Kier alpha value is -2.36. The summed E-state index contributed by atoms with van der Waals surface area (Å²) >= 11 is 0. The lowest BCUT2D eigenvalue weighted by atomic mass is 10.1. The van der Waals surface area contributed by atoms with Crippen LogP contribution in [0.4, 0.5) is 5.82 Å². The number of nitrogens with one attached hydrogen (secondary N) is 1. The molecule has 1 atom stereocenters. The van der Waals surface area contributed by atoms with Gasteiger partial charge in [-0.25, -0.2) is 4.98 Å². The van der Waals surface area contributed by atoms with Gasteiger partial charge in [0.15, 0.2) is 5.65 Å². The fourth-order valence-corrected chi connectivity index (χ4v) is 2.48. The third-order valence-electron chi connectivity index (χ3n) is 3.97. The Morgan fingerprint density at radius 3 is 2.59 bits per heavy atom. The molecule has 0 amide bonds. The largest absolute Gasteiger partial charge is 0.367 e. The minimum absolute atomic E-state index is 0.400. The van der Waals surface area contributed by atoms with Crippen LogP contribution in [-0.4, -0.2) is 20.6 Å². The molecule has 0 bridgehead atoms. The minimum atomic E-state index is 0.400. The number of hydrogen-bond acceptors (Lipinski definition) is 3. The molecule has 0 saturated heterocycles. The first-order valence-electron chi connectivity index (χ1n) is 7.77. The third kappa shape index (κ3) is 2.69. The van der Waals surface area contributed by atoms with Crippen LogP contribution in [0.2, 0.25) is 0 Å². The van der Waals surface area contributed by atoms with Gasteiger partial charge in [0.25, 0.3) is 0 Å². The Labute approximate surface area is 131 Å². The number of aromatic nitrogens is 3. The molecule has 0 spiro atoms. The van der Waals surface area contributed by atoms with E-state index in [1.165, 1.54) is 5.56 Å². The van der Waals surface area contributed by atoms with E-state index < -0.39 is 0 Å². The van der Waals surface area contributed by atoms with Crippen molar-refractivity contribution in [1.29, 1.82) is 0 Å². The molecule has 1 unspecified atom stereocenters. The molecule has 3 aromatic rings. The normalized spacial score (nSPS) is 12.5. The highest BCUT2D eigenvalue weighted by atomic mass is 15.3. The van der Waals surface area contributed by atoms with Crippen LogP contribution in [-0.2, 0) is 0 Å². The maximum Gasteiger partial charge on any atom is 0.165 e. The van der Waals surface area contributed by atoms with Crippen molar-refractivity contribution in [2.75, 3.05) is 5.32 Å². The van der Waals surface area contributed by atoms with Crippen LogP contribution < -0.4 is 5.32 Å². The Morgan fingerprint density at radius 2 is 1.91 bits per heavy atom. The second-order valence-corrected chi connectivity index (χ2v) is 5.90. The van der Waals surface area contributed by atoms with Gasteiger partial charge in [0, 0.05) is 23.4 Å². The Balaban J connectivity index is 2.12. The highest BCUT2D eigenvalue weighted by Crippen LogP contribution is 2.26. The smallest absolute Gasteiger partial charge is 0.165 e. The number of hydrogen-bond donors (Lipinski definition) is 1. The van der Waals surface area contributed by atoms with E-state index in [-0.39, 0.29) is 0 Å². The van der Waals surface area contributed by atoms with Gasteiger partial charge in [-0.2, -0.15) is 9.61 Å². The van der Waals surface area contributed by atoms with Crippen LogP contribution in [0.15, 0.2) is 36.5 Å². The zero-order chi connectivity index (χ0) is 15.7. The Bertz CT molecular complexity index is 787. The lowest BCUT2D eigenvalue weighted by Gasteiger charge is -2.14. The van der Waals surface area contributed by atoms with E-state index in [1.807, 2.05) is 23.7 Å². The van der Waals surface area contributed by atoms with Gasteiger partial charge in [0.05, 0.1) is 6.20 Å². The van der Waals surface area contributed by atoms with Crippen molar-refractivity contribution >= 4 is 11.5 Å². The highest BCUT2D eigenvalue weighted by molar-refractivity contribution is 5.78. The molecule has 1 aromatic carbocycles. The summed E-state index contributed by atoms with van der Waals surface area (Å²) in [5.41, 5.74) is 5.36. The summed E-state index contributed by atoms with van der Waals surface area (Å²) in [7, 11) is 0. The van der Waals surface area contributed by atoms with Crippen molar-refractivity contribution < 1.29 is 0 Å². The first-order valence-corrected chi connectivity index (χ1v) is 7.77. The van der Waals surface area contributed by atoms with Gasteiger partial charge in [-0.3, -0.25) is 0 Å². The molecular formula is C18H22N4. The summed E-state index contributed by atoms with van der Waals surface area (Å²) in [6, 6.07) is 10.9. The number of anilines is 1. The summed E-state index contributed by atoms with van der Waals surface area (Å²) in [5, 5.41) is 8.05. The minimum Gasteiger partial charge on any atom is -0.367 e. The van der Waals surface area contributed by atoms with Gasteiger partial charge in [0.2, 0.25) is 0 Å². The molecule has 0 fully saturated rings. The molecule has 2 heterocycles. The number of benzene rings is 1. The molecule has 4 nitrogen and oxygen atoms in total. The Kier molecular flexibility index (Phi) is 3.84. The lowest BCUT2D eigenvalue weighted by molar-refractivity contribution is 0.748. The van der Waals surface area contributed by atoms with Gasteiger partial charge in [0.1, 0.15) is 5.82 Å². The summed E-state index contributed by atoms with van der Waals surface area (Å²) in [4.78, 5) is 4.69. The zero-order valence-electron chi connectivity index (χ0n) is 13.6. The van der Waals surface area contributed by atoms with E-state index in [4.69, 9.17) is 0 Å². The quantitative estimate of drug-likeness (QED) is 0.783. The number of rotatable bonds is 4. The van der Waals surface area contributed by atoms with Crippen molar-refractivity contribution in [3.63, 3.8) is 0 Å². The first-order chi connectivity index (χ1) is 10.6. The van der Waals surface area contributed by atoms with Crippen molar-refractivity contribution in [2.45, 2.75) is 40.2 Å². The molecule has 2 aromatic heterocycles. The third-order valence-corrected chi connectivity index (χ3v) is 3.97. The standard InChI is InChI=1S/C18H22N4/c1-5-13(3)20-17-10-14(4)21-18-16(11-19-22(17)18)15-8-6-12(2)7-9-15/h6-11,13,20H,5H2,1-4H3. The first kappa shape index (κ1) is 14.6. The van der Waals surface area contributed by atoms with Crippen molar-refractivity contribution in [3.05, 3.63) is 47.8 Å². The van der Waals surface area contributed by atoms with Gasteiger partial charge in [-0.15, -0.1) is 0 Å². The van der Waals surface area contributed by atoms with E-state index >= 15 is 0 Å². The van der Waals surface area contributed by atoms with Gasteiger partial charge in [-0.1, -0.05) is 36.8 Å². The lowest BCUT2D eigenvalue weighted by Crippen LogP contribution is -2.16. The molecule has 114 valence electrons. The van der Waals surface area contributed by atoms with E-state index in [2.05, 4.69) is 60.4 Å². The van der Waals surface area contributed by atoms with Crippen LogP contribution in [0.1, 0.15) is 31.5 Å². The molecule has 0 radical (unpaired) electrons. The van der Waals surface area contributed by atoms with Gasteiger partial charge in [-0.05, 0) is 32.8 Å². The molecule has 3 rings (SSSR count). The van der Waals surface area contributed by atoms with Crippen molar-refractivity contribution in [2.24, 2.45) is 0 Å². The summed E-state index contributed by atoms with van der Waals surface area (Å²) in [5.74, 6) is 0.996. The SMILES string of the molecule is CCC(C)Nc1cc(C)nc2c(-c3ccc(C)cc3)cnn12. The molecule has 1 N–H and O–H groups in total. The molecule has 0 saturated carbocycles. The van der Waals surface area contributed by atoms with E-state index in [1.54, 1.807) is 0 Å². The van der Waals surface area contributed by atoms with Crippen LogP contribution in [0.5, 0.6) is 0 Å². The van der Waals surface area contributed by atoms with Gasteiger partial charge >= 0.3 is 0 Å². The number of aryl methyl sites for hydroxylation is 2. The zero-order valence-corrected chi connectivity index (χ0v) is 13.6. The molecule has 22 heavy (non-hydrogen) atoms. The number of nitrogens with zero attached hydrogens (tertiary/aromatic N) is 3.